The first-order chi connectivity index (χ1) is 9.90. The second kappa shape index (κ2) is 6.69. The summed E-state index contributed by atoms with van der Waals surface area (Å²) in [5.74, 6) is 0. The Morgan fingerprint density at radius 2 is 1.76 bits per heavy atom. The molecule has 0 amide bonds. The number of benzene rings is 2. The van der Waals surface area contributed by atoms with E-state index in [1.54, 1.807) is 0 Å². The molecular weight excluding hydrogens is 303 g/mol. The van der Waals surface area contributed by atoms with Crippen LogP contribution in [-0.4, -0.2) is 7.05 Å². The van der Waals surface area contributed by atoms with Crippen LogP contribution in [0.1, 0.15) is 37.1 Å². The first kappa shape index (κ1) is 16.2. The molecule has 0 saturated carbocycles. The molecule has 112 valence electrons. The largest absolute Gasteiger partial charge is 0.368 e. The second-order valence-electron chi connectivity index (χ2n) is 5.34. The van der Waals surface area contributed by atoms with Crippen LogP contribution in [0.3, 0.4) is 0 Å². The van der Waals surface area contributed by atoms with Crippen LogP contribution in [0.4, 0.5) is 5.69 Å². The molecule has 0 aromatic heterocycles. The van der Waals surface area contributed by atoms with Gasteiger partial charge in [0.15, 0.2) is 0 Å². The van der Waals surface area contributed by atoms with E-state index in [9.17, 15) is 0 Å². The summed E-state index contributed by atoms with van der Waals surface area (Å²) in [6, 6.07) is 14.0. The van der Waals surface area contributed by atoms with Crippen LogP contribution in [0.15, 0.2) is 42.5 Å². The average molecular weight is 323 g/mol. The maximum Gasteiger partial charge on any atom is 0.0511 e. The van der Waals surface area contributed by atoms with Crippen LogP contribution in [0, 0.1) is 0 Å². The van der Waals surface area contributed by atoms with E-state index in [0.717, 1.165) is 21.8 Å². The Kier molecular flexibility index (Phi) is 5.15. The first-order valence-corrected chi connectivity index (χ1v) is 7.69. The molecule has 2 rings (SSSR count). The van der Waals surface area contributed by atoms with Gasteiger partial charge >= 0.3 is 0 Å². The zero-order valence-corrected chi connectivity index (χ0v) is 14.0. The lowest BCUT2D eigenvalue weighted by Gasteiger charge is -2.28. The van der Waals surface area contributed by atoms with Gasteiger partial charge in [0, 0.05) is 28.8 Å². The molecule has 0 heterocycles. The number of nitrogens with zero attached hydrogens (tertiary/aromatic N) is 1. The quantitative estimate of drug-likeness (QED) is 0.837. The second-order valence-corrected chi connectivity index (χ2v) is 6.18. The fourth-order valence-corrected chi connectivity index (χ4v) is 2.86. The summed E-state index contributed by atoms with van der Waals surface area (Å²) in [5, 5.41) is 1.45. The van der Waals surface area contributed by atoms with Crippen molar-refractivity contribution in [3.8, 4) is 0 Å². The van der Waals surface area contributed by atoms with E-state index in [-0.39, 0.29) is 12.1 Å². The van der Waals surface area contributed by atoms with Crippen LogP contribution in [0.25, 0.3) is 0 Å². The molecule has 2 aromatic carbocycles. The molecule has 4 heteroatoms. The van der Waals surface area contributed by atoms with Gasteiger partial charge in [0.25, 0.3) is 0 Å². The van der Waals surface area contributed by atoms with E-state index in [4.69, 9.17) is 28.9 Å². The molecule has 21 heavy (non-hydrogen) atoms. The highest BCUT2D eigenvalue weighted by Crippen LogP contribution is 2.31. The number of anilines is 1. The minimum Gasteiger partial charge on any atom is -0.368 e. The van der Waals surface area contributed by atoms with Crippen molar-refractivity contribution in [2.75, 3.05) is 11.9 Å². The van der Waals surface area contributed by atoms with E-state index in [2.05, 4.69) is 17.9 Å². The first-order valence-electron chi connectivity index (χ1n) is 6.93. The van der Waals surface area contributed by atoms with Crippen molar-refractivity contribution in [3.05, 3.63) is 63.6 Å². The Bertz CT molecular complexity index is 626. The van der Waals surface area contributed by atoms with Crippen molar-refractivity contribution in [2.45, 2.75) is 25.9 Å². The van der Waals surface area contributed by atoms with Crippen LogP contribution in [0.5, 0.6) is 0 Å². The fraction of sp³-hybridized carbons (Fsp3) is 0.294. The highest BCUT2D eigenvalue weighted by atomic mass is 35.5. The third kappa shape index (κ3) is 3.70. The Balaban J connectivity index is 2.27. The molecule has 0 aliphatic rings. The van der Waals surface area contributed by atoms with Gasteiger partial charge < -0.3 is 10.6 Å². The summed E-state index contributed by atoms with van der Waals surface area (Å²) in [6.45, 7) is 4.07. The normalized spacial score (nSPS) is 13.8. The van der Waals surface area contributed by atoms with Gasteiger partial charge in [-0.3, -0.25) is 0 Å². The molecule has 0 aliphatic carbocycles. The van der Waals surface area contributed by atoms with Gasteiger partial charge in [-0.1, -0.05) is 41.4 Å². The summed E-state index contributed by atoms with van der Waals surface area (Å²) >= 11 is 12.4. The molecule has 0 aliphatic heterocycles. The van der Waals surface area contributed by atoms with Gasteiger partial charge in [0.05, 0.1) is 6.04 Å². The van der Waals surface area contributed by atoms with E-state index >= 15 is 0 Å². The van der Waals surface area contributed by atoms with Crippen molar-refractivity contribution >= 4 is 28.9 Å². The Labute approximate surface area is 136 Å². The summed E-state index contributed by atoms with van der Waals surface area (Å²) in [7, 11) is 2.04. The summed E-state index contributed by atoms with van der Waals surface area (Å²) in [5.41, 5.74) is 9.07. The van der Waals surface area contributed by atoms with Crippen LogP contribution < -0.4 is 10.6 Å². The third-order valence-electron chi connectivity index (χ3n) is 3.79. The van der Waals surface area contributed by atoms with Gasteiger partial charge in [-0.2, -0.15) is 0 Å². The van der Waals surface area contributed by atoms with Crippen molar-refractivity contribution in [3.63, 3.8) is 0 Å². The van der Waals surface area contributed by atoms with Crippen molar-refractivity contribution in [1.82, 2.24) is 0 Å². The highest BCUT2D eigenvalue weighted by molar-refractivity contribution is 6.31. The summed E-state index contributed by atoms with van der Waals surface area (Å²) in [4.78, 5) is 2.17. The molecule has 2 aromatic rings. The van der Waals surface area contributed by atoms with Gasteiger partial charge in [0.1, 0.15) is 0 Å². The molecule has 2 atom stereocenters. The number of nitrogens with two attached hydrogens (primary N) is 1. The Morgan fingerprint density at radius 3 is 2.33 bits per heavy atom. The molecule has 2 N–H and O–H groups in total. The molecule has 2 unspecified atom stereocenters. The number of rotatable bonds is 4. The lowest BCUT2D eigenvalue weighted by atomic mass is 10.1. The zero-order chi connectivity index (χ0) is 15.6. The molecule has 0 bridgehead atoms. The van der Waals surface area contributed by atoms with Gasteiger partial charge in [-0.25, -0.2) is 0 Å². The van der Waals surface area contributed by atoms with Crippen molar-refractivity contribution in [2.24, 2.45) is 5.73 Å². The van der Waals surface area contributed by atoms with E-state index in [1.165, 1.54) is 0 Å². The van der Waals surface area contributed by atoms with Gasteiger partial charge in [0.2, 0.25) is 0 Å². The van der Waals surface area contributed by atoms with E-state index in [0.29, 0.717) is 5.02 Å². The summed E-state index contributed by atoms with van der Waals surface area (Å²) in [6.07, 6.45) is 0. The van der Waals surface area contributed by atoms with Crippen LogP contribution in [-0.2, 0) is 0 Å². The standard InChI is InChI=1S/C17H20Cl2N2/c1-11(20)16-8-7-15(10-17(16)19)21(3)12(2)13-5-4-6-14(18)9-13/h4-12H,20H2,1-3H3. The minimum atomic E-state index is -0.0674. The maximum atomic E-state index is 6.32. The van der Waals surface area contributed by atoms with Crippen LogP contribution >= 0.6 is 23.2 Å². The predicted molar refractivity (Wildman–Crippen MR) is 92.3 cm³/mol. The van der Waals surface area contributed by atoms with Gasteiger partial charge in [-0.15, -0.1) is 0 Å². The SMILES string of the molecule is CC(N)c1ccc(N(C)C(C)c2cccc(Cl)c2)cc1Cl. The van der Waals surface area contributed by atoms with Crippen molar-refractivity contribution < 1.29 is 0 Å². The van der Waals surface area contributed by atoms with E-state index in [1.807, 2.05) is 50.4 Å². The van der Waals surface area contributed by atoms with E-state index < -0.39 is 0 Å². The number of hydrogen-bond donors (Lipinski definition) is 1. The predicted octanol–water partition coefficient (Wildman–Crippen LogP) is 5.21. The van der Waals surface area contributed by atoms with Crippen molar-refractivity contribution in [1.29, 1.82) is 0 Å². The smallest absolute Gasteiger partial charge is 0.0511 e. The lowest BCUT2D eigenvalue weighted by Crippen LogP contribution is -2.21. The molecule has 0 radical (unpaired) electrons. The zero-order valence-electron chi connectivity index (χ0n) is 12.5. The third-order valence-corrected chi connectivity index (χ3v) is 4.36. The molecule has 2 nitrogen and oxygen atoms in total. The molecular formula is C17H20Cl2N2. The maximum absolute atomic E-state index is 6.32. The highest BCUT2D eigenvalue weighted by Gasteiger charge is 2.14. The molecule has 0 fully saturated rings. The Hall–Kier alpha value is -1.22. The van der Waals surface area contributed by atoms with Gasteiger partial charge in [-0.05, 0) is 49.2 Å². The average Bonchev–Trinajstić information content (AvgIpc) is 2.45. The summed E-state index contributed by atoms with van der Waals surface area (Å²) < 4.78 is 0. The lowest BCUT2D eigenvalue weighted by molar-refractivity contribution is 0.739. The molecule has 0 saturated heterocycles. The minimum absolute atomic E-state index is 0.0674. The monoisotopic (exact) mass is 322 g/mol. The molecule has 0 spiro atoms. The number of halogens is 2. The topological polar surface area (TPSA) is 29.3 Å². The fourth-order valence-electron chi connectivity index (χ4n) is 2.32. The Morgan fingerprint density at radius 1 is 1.05 bits per heavy atom. The number of hydrogen-bond acceptors (Lipinski definition) is 2. The van der Waals surface area contributed by atoms with Crippen LogP contribution in [0.2, 0.25) is 10.0 Å².